The molecule has 0 unspecified atom stereocenters. The number of hydrogen-bond donors (Lipinski definition) is 0. The molecule has 6 nitrogen and oxygen atoms in total. The van der Waals surface area contributed by atoms with Gasteiger partial charge in [0.2, 0.25) is 29.0 Å². The van der Waals surface area contributed by atoms with Gasteiger partial charge in [0, 0.05) is 11.1 Å². The molecule has 2 heterocycles. The van der Waals surface area contributed by atoms with Crippen molar-refractivity contribution in [1.29, 1.82) is 0 Å². The minimum Gasteiger partial charge on any atom is -0.349 e. The second kappa shape index (κ2) is 6.80. The number of hydrogen-bond acceptors (Lipinski definition) is 5. The van der Waals surface area contributed by atoms with Gasteiger partial charge in [0.05, 0.1) is 23.6 Å². The SMILES string of the molecule is Cc1ccc(N2C(=O)[C@@H]3[C@@H](C2=O)C2(O[C@H]3c3ccccc3)C(=O)c3ccccc3C2=O)cc1. The van der Waals surface area contributed by atoms with E-state index in [1.54, 1.807) is 60.7 Å². The number of amides is 2. The Hall–Kier alpha value is -3.90. The summed E-state index contributed by atoms with van der Waals surface area (Å²) in [6, 6.07) is 22.5. The summed E-state index contributed by atoms with van der Waals surface area (Å²) in [4.78, 5) is 55.9. The lowest BCUT2D eigenvalue weighted by Crippen LogP contribution is -2.51. The van der Waals surface area contributed by atoms with Crippen molar-refractivity contribution >= 4 is 29.1 Å². The highest BCUT2D eigenvalue weighted by molar-refractivity contribution is 6.37. The zero-order valence-electron chi connectivity index (χ0n) is 17.7. The second-order valence-corrected chi connectivity index (χ2v) is 8.74. The van der Waals surface area contributed by atoms with Gasteiger partial charge in [-0.3, -0.25) is 19.2 Å². The number of imide groups is 1. The summed E-state index contributed by atoms with van der Waals surface area (Å²) in [5.41, 5.74) is 0.459. The third-order valence-corrected chi connectivity index (χ3v) is 6.94. The fourth-order valence-corrected chi connectivity index (χ4v) is 5.41. The van der Waals surface area contributed by atoms with Gasteiger partial charge >= 0.3 is 0 Å². The van der Waals surface area contributed by atoms with Crippen molar-refractivity contribution in [2.45, 2.75) is 18.6 Å². The maximum Gasteiger partial charge on any atom is 0.241 e. The van der Waals surface area contributed by atoms with Crippen molar-refractivity contribution in [3.8, 4) is 0 Å². The van der Waals surface area contributed by atoms with E-state index in [0.717, 1.165) is 10.5 Å². The molecule has 0 bridgehead atoms. The Labute approximate surface area is 189 Å². The molecule has 0 N–H and O–H groups in total. The zero-order chi connectivity index (χ0) is 22.9. The largest absolute Gasteiger partial charge is 0.349 e. The van der Waals surface area contributed by atoms with Gasteiger partial charge in [0.1, 0.15) is 0 Å². The summed E-state index contributed by atoms with van der Waals surface area (Å²) in [5, 5.41) is 0. The van der Waals surface area contributed by atoms with Crippen molar-refractivity contribution in [3.05, 3.63) is 101 Å². The Kier molecular flexibility index (Phi) is 4.07. The van der Waals surface area contributed by atoms with Crippen LogP contribution < -0.4 is 4.90 Å². The third kappa shape index (κ3) is 2.47. The van der Waals surface area contributed by atoms with Crippen molar-refractivity contribution < 1.29 is 23.9 Å². The number of benzene rings is 3. The average molecular weight is 437 g/mol. The lowest BCUT2D eigenvalue weighted by atomic mass is 9.77. The van der Waals surface area contributed by atoms with Crippen LogP contribution in [0.25, 0.3) is 0 Å². The molecule has 0 radical (unpaired) electrons. The molecule has 3 aliphatic rings. The van der Waals surface area contributed by atoms with Crippen LogP contribution in [0.2, 0.25) is 0 Å². The summed E-state index contributed by atoms with van der Waals surface area (Å²) in [6.45, 7) is 1.91. The molecular weight excluding hydrogens is 418 g/mol. The molecule has 3 atom stereocenters. The summed E-state index contributed by atoms with van der Waals surface area (Å²) < 4.78 is 6.25. The van der Waals surface area contributed by atoms with E-state index in [0.29, 0.717) is 11.3 Å². The first-order valence-electron chi connectivity index (χ1n) is 10.8. The van der Waals surface area contributed by atoms with Crippen molar-refractivity contribution in [2.24, 2.45) is 11.8 Å². The summed E-state index contributed by atoms with van der Waals surface area (Å²) in [5.74, 6) is -4.36. The summed E-state index contributed by atoms with van der Waals surface area (Å²) in [6.07, 6.45) is -0.898. The van der Waals surface area contributed by atoms with Crippen LogP contribution in [-0.4, -0.2) is 29.0 Å². The summed E-state index contributed by atoms with van der Waals surface area (Å²) in [7, 11) is 0. The molecule has 2 aliphatic heterocycles. The van der Waals surface area contributed by atoms with Gasteiger partial charge in [-0.2, -0.15) is 0 Å². The number of ether oxygens (including phenoxy) is 1. The van der Waals surface area contributed by atoms with Crippen LogP contribution >= 0.6 is 0 Å². The number of rotatable bonds is 2. The molecule has 1 spiro atoms. The highest BCUT2D eigenvalue weighted by Gasteiger charge is 2.74. The highest BCUT2D eigenvalue weighted by atomic mass is 16.5. The maximum absolute atomic E-state index is 13.8. The minimum absolute atomic E-state index is 0.226. The van der Waals surface area contributed by atoms with Gasteiger partial charge in [-0.15, -0.1) is 0 Å². The third-order valence-electron chi connectivity index (χ3n) is 6.94. The Morgan fingerprint density at radius 2 is 1.30 bits per heavy atom. The molecule has 2 fully saturated rings. The first-order valence-corrected chi connectivity index (χ1v) is 10.8. The van der Waals surface area contributed by atoms with Gasteiger partial charge in [-0.05, 0) is 24.6 Å². The molecule has 162 valence electrons. The van der Waals surface area contributed by atoms with E-state index in [2.05, 4.69) is 0 Å². The van der Waals surface area contributed by atoms with E-state index >= 15 is 0 Å². The number of aryl methyl sites for hydroxylation is 1. The molecule has 6 heteroatoms. The highest BCUT2D eigenvalue weighted by Crippen LogP contribution is 2.57. The van der Waals surface area contributed by atoms with Gasteiger partial charge < -0.3 is 4.74 Å². The Bertz CT molecular complexity index is 1310. The fourth-order valence-electron chi connectivity index (χ4n) is 5.41. The van der Waals surface area contributed by atoms with Crippen LogP contribution in [0.1, 0.15) is 37.9 Å². The number of carbonyl (C=O) groups excluding carboxylic acids is 4. The molecule has 2 amide bonds. The predicted octanol–water partition coefficient (Wildman–Crippen LogP) is 3.69. The zero-order valence-corrected chi connectivity index (χ0v) is 17.7. The molecule has 2 saturated heterocycles. The van der Waals surface area contributed by atoms with E-state index in [-0.39, 0.29) is 11.1 Å². The van der Waals surface area contributed by atoms with E-state index in [1.165, 1.54) is 0 Å². The molecule has 3 aromatic carbocycles. The standard InChI is InChI=1S/C27H19NO5/c1-15-11-13-17(14-12-15)28-25(31)20-21(26(28)32)27(33-22(20)16-7-3-2-4-8-16)23(29)18-9-5-6-10-19(18)24(27)30/h2-14,20-22H,1H3/t20-,21+,22+/m1/s1. The fraction of sp³-hybridized carbons (Fsp3) is 0.185. The predicted molar refractivity (Wildman–Crippen MR) is 119 cm³/mol. The molecule has 3 aromatic rings. The molecule has 6 rings (SSSR count). The number of Topliss-reactive ketones (excluding diaryl/α,β-unsaturated/α-hetero) is 2. The second-order valence-electron chi connectivity index (χ2n) is 8.74. The smallest absolute Gasteiger partial charge is 0.241 e. The first kappa shape index (κ1) is 19.8. The average Bonchev–Trinajstić information content (AvgIpc) is 3.41. The van der Waals surface area contributed by atoms with E-state index in [4.69, 9.17) is 4.74 Å². The van der Waals surface area contributed by atoms with Crippen LogP contribution in [0.3, 0.4) is 0 Å². The number of ketones is 2. The van der Waals surface area contributed by atoms with Gasteiger partial charge in [0.15, 0.2) is 0 Å². The lowest BCUT2D eigenvalue weighted by Gasteiger charge is -2.27. The number of carbonyl (C=O) groups is 4. The quantitative estimate of drug-likeness (QED) is 0.451. The molecule has 1 aliphatic carbocycles. The number of nitrogens with zero attached hydrogens (tertiary/aromatic N) is 1. The lowest BCUT2D eigenvalue weighted by molar-refractivity contribution is -0.127. The molecule has 0 saturated carbocycles. The minimum atomic E-state index is -2.04. The Morgan fingerprint density at radius 3 is 1.91 bits per heavy atom. The van der Waals surface area contributed by atoms with Crippen LogP contribution in [0.15, 0.2) is 78.9 Å². The van der Waals surface area contributed by atoms with Crippen molar-refractivity contribution in [1.82, 2.24) is 0 Å². The van der Waals surface area contributed by atoms with Crippen LogP contribution in [0, 0.1) is 18.8 Å². The van der Waals surface area contributed by atoms with Crippen LogP contribution in [0.4, 0.5) is 5.69 Å². The van der Waals surface area contributed by atoms with Crippen LogP contribution in [0.5, 0.6) is 0 Å². The monoisotopic (exact) mass is 437 g/mol. The van der Waals surface area contributed by atoms with Crippen LogP contribution in [-0.2, 0) is 14.3 Å². The molecule has 33 heavy (non-hydrogen) atoms. The van der Waals surface area contributed by atoms with E-state index < -0.39 is 46.9 Å². The Morgan fingerprint density at radius 1 is 0.727 bits per heavy atom. The number of fused-ring (bicyclic) bond motifs is 3. The maximum atomic E-state index is 13.8. The Balaban J connectivity index is 1.55. The van der Waals surface area contributed by atoms with Gasteiger partial charge in [-0.1, -0.05) is 72.3 Å². The number of anilines is 1. The van der Waals surface area contributed by atoms with Gasteiger partial charge in [0.25, 0.3) is 0 Å². The van der Waals surface area contributed by atoms with Gasteiger partial charge in [-0.25, -0.2) is 4.90 Å². The topological polar surface area (TPSA) is 80.8 Å². The van der Waals surface area contributed by atoms with E-state index in [1.807, 2.05) is 25.1 Å². The van der Waals surface area contributed by atoms with Crippen molar-refractivity contribution in [3.63, 3.8) is 0 Å². The first-order chi connectivity index (χ1) is 15.9. The molecule has 0 aromatic heterocycles. The van der Waals surface area contributed by atoms with E-state index in [9.17, 15) is 19.2 Å². The summed E-state index contributed by atoms with van der Waals surface area (Å²) >= 11 is 0. The molecular formula is C27H19NO5. The van der Waals surface area contributed by atoms with Crippen molar-refractivity contribution in [2.75, 3.05) is 4.90 Å². The normalized spacial score (nSPS) is 25.1.